The second-order valence-electron chi connectivity index (χ2n) is 5.98. The maximum atomic E-state index is 12.4. The quantitative estimate of drug-likeness (QED) is 0.479. The highest BCUT2D eigenvalue weighted by Gasteiger charge is 2.12. The minimum atomic E-state index is -0.114. The van der Waals surface area contributed by atoms with Gasteiger partial charge in [0.2, 0.25) is 0 Å². The molecular formula is C21H17N3O2S2. The van der Waals surface area contributed by atoms with E-state index < -0.39 is 0 Å². The van der Waals surface area contributed by atoms with E-state index in [2.05, 4.69) is 15.3 Å². The molecule has 0 unspecified atom stereocenters. The second kappa shape index (κ2) is 8.77. The zero-order chi connectivity index (χ0) is 19.2. The van der Waals surface area contributed by atoms with Gasteiger partial charge in [0, 0.05) is 24.5 Å². The first-order chi connectivity index (χ1) is 13.8. The second-order valence-corrected chi connectivity index (χ2v) is 7.96. The van der Waals surface area contributed by atoms with Gasteiger partial charge in [-0.15, -0.1) is 22.7 Å². The number of hydrogen-bond donors (Lipinski definition) is 1. The predicted octanol–water partition coefficient (Wildman–Crippen LogP) is 4.78. The van der Waals surface area contributed by atoms with Crippen LogP contribution in [0.1, 0.15) is 20.8 Å². The summed E-state index contributed by atoms with van der Waals surface area (Å²) in [5.41, 5.74) is 2.02. The van der Waals surface area contributed by atoms with Gasteiger partial charge in [0.15, 0.2) is 0 Å². The van der Waals surface area contributed by atoms with E-state index in [4.69, 9.17) is 4.74 Å². The van der Waals surface area contributed by atoms with E-state index >= 15 is 0 Å². The van der Waals surface area contributed by atoms with E-state index in [9.17, 15) is 4.79 Å². The van der Waals surface area contributed by atoms with Crippen molar-refractivity contribution in [1.82, 2.24) is 15.3 Å². The molecule has 1 aromatic carbocycles. The molecule has 0 saturated carbocycles. The Bertz CT molecular complexity index is 1030. The summed E-state index contributed by atoms with van der Waals surface area (Å²) in [4.78, 5) is 22.5. The third-order valence-corrected chi connectivity index (χ3v) is 6.00. The molecule has 1 amide bonds. The van der Waals surface area contributed by atoms with Crippen LogP contribution in [0.2, 0.25) is 0 Å². The first-order valence-corrected chi connectivity index (χ1v) is 10.4. The van der Waals surface area contributed by atoms with Gasteiger partial charge in [-0.05, 0) is 35.2 Å². The number of nitrogens with zero attached hydrogens (tertiary/aromatic N) is 2. The van der Waals surface area contributed by atoms with Crippen molar-refractivity contribution in [1.29, 1.82) is 0 Å². The van der Waals surface area contributed by atoms with E-state index in [0.717, 1.165) is 26.8 Å². The molecule has 0 radical (unpaired) electrons. The molecule has 0 spiro atoms. The summed E-state index contributed by atoms with van der Waals surface area (Å²) in [5.74, 6) is 0.666. The Morgan fingerprint density at radius 2 is 1.93 bits per heavy atom. The molecule has 0 aliphatic carbocycles. The van der Waals surface area contributed by atoms with Gasteiger partial charge in [-0.3, -0.25) is 9.78 Å². The molecule has 3 aromatic heterocycles. The number of pyridine rings is 1. The number of carbonyl (C=O) groups is 1. The number of aromatic nitrogens is 2. The number of ether oxygens (including phenoxy) is 1. The van der Waals surface area contributed by atoms with Crippen molar-refractivity contribution >= 4 is 28.6 Å². The number of thiazole rings is 1. The summed E-state index contributed by atoms with van der Waals surface area (Å²) >= 11 is 3.02. The van der Waals surface area contributed by atoms with Gasteiger partial charge in [-0.25, -0.2) is 4.98 Å². The molecule has 0 aliphatic heterocycles. The Morgan fingerprint density at radius 1 is 1.04 bits per heavy atom. The van der Waals surface area contributed by atoms with Gasteiger partial charge in [0.05, 0.1) is 11.1 Å². The molecule has 4 rings (SSSR count). The van der Waals surface area contributed by atoms with Crippen LogP contribution in [0.4, 0.5) is 0 Å². The van der Waals surface area contributed by atoms with Crippen LogP contribution in [-0.2, 0) is 13.2 Å². The molecule has 0 bridgehead atoms. The lowest BCUT2D eigenvalue weighted by atomic mass is 10.2. The highest BCUT2D eigenvalue weighted by Crippen LogP contribution is 2.28. The van der Waals surface area contributed by atoms with Gasteiger partial charge in [-0.1, -0.05) is 24.3 Å². The molecule has 4 aromatic rings. The fourth-order valence-corrected chi connectivity index (χ4v) is 4.15. The number of benzene rings is 1. The monoisotopic (exact) mass is 407 g/mol. The van der Waals surface area contributed by atoms with Crippen molar-refractivity contribution in [2.24, 2.45) is 0 Å². The molecule has 7 heteroatoms. The Labute approximate surface area is 170 Å². The Morgan fingerprint density at radius 3 is 2.68 bits per heavy atom. The summed E-state index contributed by atoms with van der Waals surface area (Å²) in [7, 11) is 0. The van der Waals surface area contributed by atoms with Crippen LogP contribution in [0, 0.1) is 0 Å². The molecule has 3 heterocycles. The van der Waals surface area contributed by atoms with Crippen molar-refractivity contribution in [3.8, 4) is 15.6 Å². The summed E-state index contributed by atoms with van der Waals surface area (Å²) in [5, 5.41) is 5.81. The Hall–Kier alpha value is -3.03. The first-order valence-electron chi connectivity index (χ1n) is 8.66. The lowest BCUT2D eigenvalue weighted by Crippen LogP contribution is -2.21. The maximum Gasteiger partial charge on any atom is 0.263 e. The molecule has 140 valence electrons. The average Bonchev–Trinajstić information content (AvgIpc) is 3.44. The summed E-state index contributed by atoms with van der Waals surface area (Å²) in [6.07, 6.45) is 5.15. The maximum absolute atomic E-state index is 12.4. The van der Waals surface area contributed by atoms with Crippen molar-refractivity contribution in [2.45, 2.75) is 13.2 Å². The van der Waals surface area contributed by atoms with E-state index in [1.807, 2.05) is 53.9 Å². The Kier molecular flexibility index (Phi) is 5.75. The van der Waals surface area contributed by atoms with Crippen molar-refractivity contribution in [3.05, 3.63) is 88.5 Å². The number of nitrogens with one attached hydrogen (secondary N) is 1. The normalized spacial score (nSPS) is 10.6. The molecule has 5 nitrogen and oxygen atoms in total. The summed E-state index contributed by atoms with van der Waals surface area (Å²) < 4.78 is 5.75. The van der Waals surface area contributed by atoms with Gasteiger partial charge in [-0.2, -0.15) is 0 Å². The standard InChI is InChI=1S/C21H17N3O2S2/c25-20(19-13-24-21(28-19)18-4-2-10-27-18)23-12-15-5-7-17(8-6-15)26-14-16-3-1-9-22-11-16/h1-11,13H,12,14H2,(H,23,25). The van der Waals surface area contributed by atoms with Crippen LogP contribution < -0.4 is 10.1 Å². The highest BCUT2D eigenvalue weighted by atomic mass is 32.1. The number of carbonyl (C=O) groups excluding carboxylic acids is 1. The molecule has 0 fully saturated rings. The van der Waals surface area contributed by atoms with Crippen molar-refractivity contribution < 1.29 is 9.53 Å². The third-order valence-electron chi connectivity index (χ3n) is 3.97. The predicted molar refractivity (Wildman–Crippen MR) is 112 cm³/mol. The van der Waals surface area contributed by atoms with Crippen molar-refractivity contribution in [3.63, 3.8) is 0 Å². The van der Waals surface area contributed by atoms with E-state index in [-0.39, 0.29) is 5.91 Å². The van der Waals surface area contributed by atoms with Gasteiger partial charge in [0.25, 0.3) is 5.91 Å². The minimum Gasteiger partial charge on any atom is -0.489 e. The number of amides is 1. The fraction of sp³-hybridized carbons (Fsp3) is 0.0952. The lowest BCUT2D eigenvalue weighted by molar-refractivity contribution is 0.0955. The number of thiophene rings is 1. The molecule has 28 heavy (non-hydrogen) atoms. The van der Waals surface area contributed by atoms with E-state index in [1.54, 1.807) is 29.9 Å². The zero-order valence-corrected chi connectivity index (χ0v) is 16.5. The SMILES string of the molecule is O=C(NCc1ccc(OCc2cccnc2)cc1)c1cnc(-c2cccs2)s1. The van der Waals surface area contributed by atoms with Crippen LogP contribution in [0.5, 0.6) is 5.75 Å². The highest BCUT2D eigenvalue weighted by molar-refractivity contribution is 7.21. The zero-order valence-electron chi connectivity index (χ0n) is 14.9. The number of rotatable bonds is 7. The molecule has 1 N–H and O–H groups in total. The van der Waals surface area contributed by atoms with Gasteiger partial charge < -0.3 is 10.1 Å². The van der Waals surface area contributed by atoms with Gasteiger partial charge in [0.1, 0.15) is 22.2 Å². The van der Waals surface area contributed by atoms with Crippen LogP contribution in [0.25, 0.3) is 9.88 Å². The molecule has 0 saturated heterocycles. The fourth-order valence-electron chi connectivity index (χ4n) is 2.52. The van der Waals surface area contributed by atoms with Crippen LogP contribution in [0.15, 0.2) is 72.5 Å². The van der Waals surface area contributed by atoms with E-state index in [0.29, 0.717) is 18.0 Å². The topological polar surface area (TPSA) is 64.1 Å². The van der Waals surface area contributed by atoms with Crippen LogP contribution in [0.3, 0.4) is 0 Å². The number of hydrogen-bond acceptors (Lipinski definition) is 6. The molecule has 0 atom stereocenters. The third kappa shape index (κ3) is 4.62. The Balaban J connectivity index is 1.29. The molecular weight excluding hydrogens is 390 g/mol. The van der Waals surface area contributed by atoms with Gasteiger partial charge >= 0.3 is 0 Å². The largest absolute Gasteiger partial charge is 0.489 e. The van der Waals surface area contributed by atoms with E-state index in [1.165, 1.54) is 11.3 Å². The average molecular weight is 408 g/mol. The molecule has 0 aliphatic rings. The first kappa shape index (κ1) is 18.3. The minimum absolute atomic E-state index is 0.114. The summed E-state index contributed by atoms with van der Waals surface area (Å²) in [6.45, 7) is 0.926. The summed E-state index contributed by atoms with van der Waals surface area (Å²) in [6, 6.07) is 15.5. The van der Waals surface area contributed by atoms with Crippen molar-refractivity contribution in [2.75, 3.05) is 0 Å². The smallest absolute Gasteiger partial charge is 0.263 e. The lowest BCUT2D eigenvalue weighted by Gasteiger charge is -2.08. The van der Waals surface area contributed by atoms with Crippen LogP contribution in [-0.4, -0.2) is 15.9 Å². The van der Waals surface area contributed by atoms with Crippen LogP contribution >= 0.6 is 22.7 Å².